The van der Waals surface area contributed by atoms with E-state index in [0.717, 1.165) is 18.6 Å². The Kier molecular flexibility index (Phi) is 5.41. The third kappa shape index (κ3) is 4.79. The van der Waals surface area contributed by atoms with E-state index in [1.807, 2.05) is 20.8 Å². The zero-order valence-corrected chi connectivity index (χ0v) is 16.2. The molecule has 0 aliphatic rings. The summed E-state index contributed by atoms with van der Waals surface area (Å²) >= 11 is 0. The molecule has 6 nitrogen and oxygen atoms in total. The van der Waals surface area contributed by atoms with Crippen molar-refractivity contribution in [3.8, 4) is 16.8 Å². The average Bonchev–Trinajstić information content (AvgIpc) is 3.21. The van der Waals surface area contributed by atoms with Crippen LogP contribution in [0.15, 0.2) is 48.8 Å². The number of halogens is 3. The Balaban J connectivity index is 2.05. The van der Waals surface area contributed by atoms with Gasteiger partial charge in [-0.2, -0.15) is 13.2 Å². The SMILES string of the molecule is CCC(C)(C)NC(=O)c1cc(-c2ccc(C(F)(F)F)cc2)cc(-n2cnnn2)c1. The molecule has 0 radical (unpaired) electrons. The molecule has 0 fully saturated rings. The fourth-order valence-corrected chi connectivity index (χ4v) is 2.64. The number of tetrazole rings is 1. The Labute approximate surface area is 165 Å². The van der Waals surface area contributed by atoms with Gasteiger partial charge in [-0.15, -0.1) is 5.10 Å². The molecule has 1 aromatic heterocycles. The normalized spacial score (nSPS) is 12.1. The molecular formula is C20H20F3N5O. The molecule has 0 spiro atoms. The van der Waals surface area contributed by atoms with Crippen molar-refractivity contribution in [1.29, 1.82) is 0 Å². The fraction of sp³-hybridized carbons (Fsp3) is 0.300. The van der Waals surface area contributed by atoms with Crippen LogP contribution < -0.4 is 5.32 Å². The predicted molar refractivity (Wildman–Crippen MR) is 101 cm³/mol. The van der Waals surface area contributed by atoms with Crippen molar-refractivity contribution in [2.24, 2.45) is 0 Å². The van der Waals surface area contributed by atoms with Gasteiger partial charge < -0.3 is 5.32 Å². The third-order valence-electron chi connectivity index (χ3n) is 4.67. The van der Waals surface area contributed by atoms with Crippen molar-refractivity contribution >= 4 is 5.91 Å². The number of hydrogen-bond donors (Lipinski definition) is 1. The van der Waals surface area contributed by atoms with E-state index < -0.39 is 17.3 Å². The van der Waals surface area contributed by atoms with E-state index in [1.165, 1.54) is 23.1 Å². The Bertz CT molecular complexity index is 996. The van der Waals surface area contributed by atoms with E-state index in [9.17, 15) is 18.0 Å². The minimum Gasteiger partial charge on any atom is -0.347 e. The van der Waals surface area contributed by atoms with Gasteiger partial charge in [0.25, 0.3) is 5.91 Å². The number of benzene rings is 2. The summed E-state index contributed by atoms with van der Waals surface area (Å²) in [5.41, 5.74) is 0.848. The van der Waals surface area contributed by atoms with Gasteiger partial charge in [-0.05, 0) is 72.2 Å². The number of hydrogen-bond acceptors (Lipinski definition) is 4. The lowest BCUT2D eigenvalue weighted by atomic mass is 9.98. The van der Waals surface area contributed by atoms with Gasteiger partial charge in [-0.1, -0.05) is 19.1 Å². The van der Waals surface area contributed by atoms with Gasteiger partial charge in [0.15, 0.2) is 0 Å². The van der Waals surface area contributed by atoms with Crippen molar-refractivity contribution < 1.29 is 18.0 Å². The van der Waals surface area contributed by atoms with E-state index in [1.54, 1.807) is 18.2 Å². The van der Waals surface area contributed by atoms with E-state index in [2.05, 4.69) is 20.8 Å². The van der Waals surface area contributed by atoms with Crippen LogP contribution in [0.25, 0.3) is 16.8 Å². The number of aromatic nitrogens is 4. The van der Waals surface area contributed by atoms with Crippen LogP contribution in [-0.4, -0.2) is 31.7 Å². The topological polar surface area (TPSA) is 72.7 Å². The van der Waals surface area contributed by atoms with Gasteiger partial charge in [-0.25, -0.2) is 4.68 Å². The molecule has 0 aliphatic heterocycles. The molecule has 3 aromatic rings. The van der Waals surface area contributed by atoms with Gasteiger partial charge in [0.1, 0.15) is 6.33 Å². The second-order valence-corrected chi connectivity index (χ2v) is 7.29. The molecule has 0 bridgehead atoms. The minimum atomic E-state index is -4.41. The monoisotopic (exact) mass is 403 g/mol. The van der Waals surface area contributed by atoms with E-state index >= 15 is 0 Å². The van der Waals surface area contributed by atoms with Crippen molar-refractivity contribution in [3.63, 3.8) is 0 Å². The summed E-state index contributed by atoms with van der Waals surface area (Å²) in [6.07, 6.45) is -2.30. The van der Waals surface area contributed by atoms with Crippen molar-refractivity contribution in [3.05, 3.63) is 59.9 Å². The lowest BCUT2D eigenvalue weighted by Crippen LogP contribution is -2.42. The van der Waals surface area contributed by atoms with Crippen molar-refractivity contribution in [1.82, 2.24) is 25.5 Å². The summed E-state index contributed by atoms with van der Waals surface area (Å²) in [4.78, 5) is 12.8. The quantitative estimate of drug-likeness (QED) is 0.691. The van der Waals surface area contributed by atoms with Crippen LogP contribution in [0.5, 0.6) is 0 Å². The van der Waals surface area contributed by atoms with Crippen LogP contribution in [0.4, 0.5) is 13.2 Å². The number of alkyl halides is 3. The number of nitrogens with zero attached hydrogens (tertiary/aromatic N) is 4. The first-order valence-electron chi connectivity index (χ1n) is 8.98. The van der Waals surface area contributed by atoms with Crippen LogP contribution in [0.3, 0.4) is 0 Å². The van der Waals surface area contributed by atoms with E-state index in [4.69, 9.17) is 0 Å². The molecule has 2 aromatic carbocycles. The Morgan fingerprint density at radius 2 is 1.76 bits per heavy atom. The number of amides is 1. The number of carbonyl (C=O) groups excluding carboxylic acids is 1. The smallest absolute Gasteiger partial charge is 0.347 e. The van der Waals surface area contributed by atoms with Crippen LogP contribution in [0, 0.1) is 0 Å². The molecule has 0 atom stereocenters. The van der Waals surface area contributed by atoms with Crippen molar-refractivity contribution in [2.45, 2.75) is 38.9 Å². The molecule has 29 heavy (non-hydrogen) atoms. The minimum absolute atomic E-state index is 0.292. The van der Waals surface area contributed by atoms with Crippen molar-refractivity contribution in [2.75, 3.05) is 0 Å². The molecule has 9 heteroatoms. The van der Waals surface area contributed by atoms with Crippen LogP contribution >= 0.6 is 0 Å². The van der Waals surface area contributed by atoms with Gasteiger partial charge >= 0.3 is 6.18 Å². The van der Waals surface area contributed by atoms with E-state index in [-0.39, 0.29) is 5.91 Å². The van der Waals surface area contributed by atoms with Crippen LogP contribution in [0.2, 0.25) is 0 Å². The zero-order chi connectivity index (χ0) is 21.2. The number of nitrogens with one attached hydrogen (secondary N) is 1. The maximum absolute atomic E-state index is 12.9. The first-order valence-corrected chi connectivity index (χ1v) is 8.98. The highest BCUT2D eigenvalue weighted by molar-refractivity contribution is 5.96. The molecule has 0 unspecified atom stereocenters. The first kappa shape index (κ1) is 20.5. The molecule has 0 saturated carbocycles. The predicted octanol–water partition coefficient (Wildman–Crippen LogP) is 4.27. The fourth-order valence-electron chi connectivity index (χ4n) is 2.64. The van der Waals surface area contributed by atoms with Gasteiger partial charge in [0.2, 0.25) is 0 Å². The summed E-state index contributed by atoms with van der Waals surface area (Å²) in [5.74, 6) is -0.292. The maximum atomic E-state index is 12.9. The summed E-state index contributed by atoms with van der Waals surface area (Å²) in [7, 11) is 0. The molecular weight excluding hydrogens is 383 g/mol. The number of rotatable bonds is 5. The standard InChI is InChI=1S/C20H20F3N5O/c1-4-19(2,3)25-18(29)15-9-14(10-17(11-15)28-12-24-26-27-28)13-5-7-16(8-6-13)20(21,22)23/h5-12H,4H2,1-3H3,(H,25,29). The maximum Gasteiger partial charge on any atom is 0.416 e. The molecule has 1 heterocycles. The second-order valence-electron chi connectivity index (χ2n) is 7.29. The van der Waals surface area contributed by atoms with Crippen LogP contribution in [0.1, 0.15) is 43.1 Å². The molecule has 0 aliphatic carbocycles. The first-order chi connectivity index (χ1) is 13.6. The van der Waals surface area contributed by atoms with Gasteiger partial charge in [0, 0.05) is 11.1 Å². The Morgan fingerprint density at radius 1 is 1.07 bits per heavy atom. The lowest BCUT2D eigenvalue weighted by Gasteiger charge is -2.24. The highest BCUT2D eigenvalue weighted by atomic mass is 19.4. The molecule has 0 saturated heterocycles. The molecule has 1 amide bonds. The highest BCUT2D eigenvalue weighted by Gasteiger charge is 2.30. The summed E-state index contributed by atoms with van der Waals surface area (Å²) in [6.45, 7) is 5.78. The summed E-state index contributed by atoms with van der Waals surface area (Å²) in [5, 5.41) is 14.0. The van der Waals surface area contributed by atoms with Gasteiger partial charge in [0.05, 0.1) is 11.3 Å². The second kappa shape index (κ2) is 7.65. The molecule has 3 rings (SSSR count). The molecule has 1 N–H and O–H groups in total. The Hall–Kier alpha value is -3.23. The Morgan fingerprint density at radius 3 is 2.31 bits per heavy atom. The van der Waals surface area contributed by atoms with Gasteiger partial charge in [-0.3, -0.25) is 4.79 Å². The largest absolute Gasteiger partial charge is 0.416 e. The third-order valence-corrected chi connectivity index (χ3v) is 4.67. The molecule has 152 valence electrons. The average molecular weight is 403 g/mol. The summed E-state index contributed by atoms with van der Waals surface area (Å²) in [6, 6.07) is 9.75. The zero-order valence-electron chi connectivity index (χ0n) is 16.2. The van der Waals surface area contributed by atoms with E-state index in [0.29, 0.717) is 22.4 Å². The number of carbonyl (C=O) groups is 1. The summed E-state index contributed by atoms with van der Waals surface area (Å²) < 4.78 is 39.9. The highest BCUT2D eigenvalue weighted by Crippen LogP contribution is 2.31. The van der Waals surface area contributed by atoms with Crippen LogP contribution in [-0.2, 0) is 6.18 Å². The lowest BCUT2D eigenvalue weighted by molar-refractivity contribution is -0.137.